The van der Waals surface area contributed by atoms with Crippen molar-refractivity contribution in [2.24, 2.45) is 0 Å². The Balaban J connectivity index is 1.98. The van der Waals surface area contributed by atoms with E-state index in [-0.39, 0.29) is 24.4 Å². The zero-order chi connectivity index (χ0) is 22.0. The van der Waals surface area contributed by atoms with Crippen molar-refractivity contribution in [2.75, 3.05) is 11.5 Å². The molecule has 1 aromatic heterocycles. The molecule has 0 bridgehead atoms. The number of aliphatic hydroxyl groups excluding tert-OH is 1. The molecule has 1 atom stereocenters. The second-order valence-corrected chi connectivity index (χ2v) is 8.02. The number of aliphatic hydroxyl groups is 1. The first kappa shape index (κ1) is 20.8. The molecule has 0 spiro atoms. The summed E-state index contributed by atoms with van der Waals surface area (Å²) in [5.41, 5.74) is 3.50. The number of nitrogens with zero attached hydrogens (tertiary/aromatic N) is 3. The number of aromatic hydroxyl groups is 1. The van der Waals surface area contributed by atoms with Crippen LogP contribution in [-0.4, -0.2) is 32.8 Å². The number of para-hydroxylation sites is 1. The average molecular weight is 414 g/mol. The molecule has 0 aliphatic heterocycles. The number of phenols is 1. The fraction of sp³-hybridized carbons (Fsp3) is 0.231. The smallest absolute Gasteiger partial charge is 0.165 e. The van der Waals surface area contributed by atoms with Gasteiger partial charge in [0.15, 0.2) is 5.82 Å². The molecule has 0 amide bonds. The molecule has 0 fully saturated rings. The number of hydrogen-bond acceptors (Lipinski definition) is 5. The van der Waals surface area contributed by atoms with Crippen LogP contribution in [0.15, 0.2) is 72.8 Å². The van der Waals surface area contributed by atoms with Gasteiger partial charge in [0, 0.05) is 11.4 Å². The molecule has 5 nitrogen and oxygen atoms in total. The van der Waals surface area contributed by atoms with Gasteiger partial charge in [-0.1, -0.05) is 48.5 Å². The fourth-order valence-corrected chi connectivity index (χ4v) is 3.98. The van der Waals surface area contributed by atoms with E-state index in [1.165, 1.54) is 0 Å². The summed E-state index contributed by atoms with van der Waals surface area (Å²) in [5, 5.41) is 21.7. The monoisotopic (exact) mass is 413 g/mol. The number of benzene rings is 3. The minimum absolute atomic E-state index is 0.0501. The van der Waals surface area contributed by atoms with Gasteiger partial charge in [0.2, 0.25) is 0 Å². The van der Waals surface area contributed by atoms with Crippen LogP contribution in [0, 0.1) is 6.92 Å². The van der Waals surface area contributed by atoms with Crippen LogP contribution in [0.2, 0.25) is 0 Å². The van der Waals surface area contributed by atoms with Crippen molar-refractivity contribution in [2.45, 2.75) is 32.9 Å². The van der Waals surface area contributed by atoms with Crippen molar-refractivity contribution in [1.29, 1.82) is 0 Å². The molecule has 4 rings (SSSR count). The van der Waals surface area contributed by atoms with Crippen LogP contribution < -0.4 is 4.90 Å². The molecule has 0 saturated carbocycles. The normalized spacial score (nSPS) is 12.3. The van der Waals surface area contributed by atoms with Crippen LogP contribution in [-0.2, 0) is 0 Å². The lowest BCUT2D eigenvalue weighted by atomic mass is 10.0. The van der Waals surface area contributed by atoms with E-state index in [4.69, 9.17) is 9.97 Å². The van der Waals surface area contributed by atoms with E-state index in [0.717, 1.165) is 27.8 Å². The van der Waals surface area contributed by atoms with Crippen molar-refractivity contribution in [3.05, 3.63) is 83.9 Å². The summed E-state index contributed by atoms with van der Waals surface area (Å²) >= 11 is 0. The maximum absolute atomic E-state index is 10.4. The summed E-state index contributed by atoms with van der Waals surface area (Å²) in [5.74, 6) is 1.33. The maximum atomic E-state index is 10.4. The average Bonchev–Trinajstić information content (AvgIpc) is 2.77. The Hall–Kier alpha value is -3.44. The van der Waals surface area contributed by atoms with Crippen LogP contribution in [0.3, 0.4) is 0 Å². The first-order chi connectivity index (χ1) is 15.0. The number of aryl methyl sites for hydroxylation is 1. The van der Waals surface area contributed by atoms with Crippen LogP contribution >= 0.6 is 0 Å². The molecular weight excluding hydrogens is 386 g/mol. The first-order valence-electron chi connectivity index (χ1n) is 10.5. The molecule has 4 aromatic rings. The zero-order valence-corrected chi connectivity index (χ0v) is 18.0. The Morgan fingerprint density at radius 3 is 2.29 bits per heavy atom. The molecule has 0 aliphatic rings. The number of hydrogen-bond donors (Lipinski definition) is 2. The minimum atomic E-state index is -0.266. The predicted octanol–water partition coefficient (Wildman–Crippen LogP) is 5.26. The van der Waals surface area contributed by atoms with Gasteiger partial charge in [0.25, 0.3) is 0 Å². The number of anilines is 1. The van der Waals surface area contributed by atoms with E-state index >= 15 is 0 Å². The molecule has 31 heavy (non-hydrogen) atoms. The van der Waals surface area contributed by atoms with Crippen LogP contribution in [0.1, 0.15) is 31.0 Å². The van der Waals surface area contributed by atoms with Crippen molar-refractivity contribution in [1.82, 2.24) is 9.97 Å². The van der Waals surface area contributed by atoms with Crippen LogP contribution in [0.25, 0.3) is 22.3 Å². The number of fused-ring (bicyclic) bond motifs is 1. The number of phenolic OH excluding ortho intramolecular Hbond substituents is 1. The van der Waals surface area contributed by atoms with Gasteiger partial charge in [-0.05, 0) is 56.2 Å². The molecule has 2 N–H and O–H groups in total. The lowest BCUT2D eigenvalue weighted by molar-refractivity contribution is 0.256. The van der Waals surface area contributed by atoms with Gasteiger partial charge < -0.3 is 15.1 Å². The van der Waals surface area contributed by atoms with Crippen molar-refractivity contribution in [3.63, 3.8) is 0 Å². The third-order valence-electron chi connectivity index (χ3n) is 5.47. The summed E-state index contributed by atoms with van der Waals surface area (Å²) < 4.78 is 0. The Kier molecular flexibility index (Phi) is 5.87. The highest BCUT2D eigenvalue weighted by molar-refractivity contribution is 5.92. The highest BCUT2D eigenvalue weighted by Crippen LogP contribution is 2.36. The van der Waals surface area contributed by atoms with Gasteiger partial charge in [-0.2, -0.15) is 0 Å². The summed E-state index contributed by atoms with van der Waals surface area (Å²) in [6, 6.07) is 23.0. The van der Waals surface area contributed by atoms with Crippen molar-refractivity contribution in [3.8, 4) is 17.1 Å². The molecule has 0 saturated heterocycles. The molecule has 158 valence electrons. The molecule has 1 heterocycles. The van der Waals surface area contributed by atoms with Crippen molar-refractivity contribution >= 4 is 16.7 Å². The first-order valence-corrected chi connectivity index (χ1v) is 10.5. The number of aromatic nitrogens is 2. The standard InChI is InChI=1S/C26H27N3O2/c1-17(2)29(23(16-30)19-9-5-4-6-10-19)26-20-14-13-18(3)15-22(20)27-25(28-26)21-11-7-8-12-24(21)31/h4-15,17,23,30-31H,16H2,1-3H3/t23-/m0/s1. The Morgan fingerprint density at radius 1 is 0.903 bits per heavy atom. The predicted molar refractivity (Wildman–Crippen MR) is 125 cm³/mol. The third-order valence-corrected chi connectivity index (χ3v) is 5.47. The molecule has 5 heteroatoms. The van der Waals surface area contributed by atoms with Gasteiger partial charge in [-0.25, -0.2) is 9.97 Å². The lowest BCUT2D eigenvalue weighted by Gasteiger charge is -2.36. The summed E-state index contributed by atoms with van der Waals surface area (Å²) in [4.78, 5) is 11.8. The largest absolute Gasteiger partial charge is 0.507 e. The molecule has 0 unspecified atom stereocenters. The molecular formula is C26H27N3O2. The Bertz CT molecular complexity index is 1190. The maximum Gasteiger partial charge on any atom is 0.165 e. The second-order valence-electron chi connectivity index (χ2n) is 8.02. The van der Waals surface area contributed by atoms with Gasteiger partial charge in [-0.15, -0.1) is 0 Å². The van der Waals surface area contributed by atoms with E-state index in [1.807, 2.05) is 67.6 Å². The lowest BCUT2D eigenvalue weighted by Crippen LogP contribution is -2.37. The van der Waals surface area contributed by atoms with Crippen LogP contribution in [0.5, 0.6) is 5.75 Å². The summed E-state index contributed by atoms with van der Waals surface area (Å²) in [6.07, 6.45) is 0. The summed E-state index contributed by atoms with van der Waals surface area (Å²) in [7, 11) is 0. The van der Waals surface area contributed by atoms with E-state index in [2.05, 4.69) is 18.7 Å². The number of rotatable bonds is 6. The molecule has 0 aliphatic carbocycles. The van der Waals surface area contributed by atoms with Crippen LogP contribution in [0.4, 0.5) is 5.82 Å². The minimum Gasteiger partial charge on any atom is -0.507 e. The van der Waals surface area contributed by atoms with Gasteiger partial charge in [0.1, 0.15) is 11.6 Å². The van der Waals surface area contributed by atoms with Gasteiger partial charge in [0.05, 0.1) is 23.7 Å². The SMILES string of the molecule is Cc1ccc2c(N(C(C)C)[C@@H](CO)c3ccccc3)nc(-c3ccccc3O)nc2c1. The van der Waals surface area contributed by atoms with Gasteiger partial charge >= 0.3 is 0 Å². The van der Waals surface area contributed by atoms with E-state index in [1.54, 1.807) is 12.1 Å². The van der Waals surface area contributed by atoms with E-state index in [0.29, 0.717) is 11.4 Å². The van der Waals surface area contributed by atoms with E-state index < -0.39 is 0 Å². The third kappa shape index (κ3) is 4.09. The quantitative estimate of drug-likeness (QED) is 0.451. The summed E-state index contributed by atoms with van der Waals surface area (Å²) in [6.45, 7) is 6.16. The topological polar surface area (TPSA) is 69.5 Å². The highest BCUT2D eigenvalue weighted by atomic mass is 16.3. The second kappa shape index (κ2) is 8.74. The fourth-order valence-electron chi connectivity index (χ4n) is 3.98. The zero-order valence-electron chi connectivity index (χ0n) is 18.0. The Labute approximate surface area is 182 Å². The van der Waals surface area contributed by atoms with Gasteiger partial charge in [-0.3, -0.25) is 0 Å². The van der Waals surface area contributed by atoms with E-state index in [9.17, 15) is 10.2 Å². The molecule has 3 aromatic carbocycles. The highest BCUT2D eigenvalue weighted by Gasteiger charge is 2.27. The van der Waals surface area contributed by atoms with Crippen molar-refractivity contribution < 1.29 is 10.2 Å². The Morgan fingerprint density at radius 2 is 1.61 bits per heavy atom. The molecule has 0 radical (unpaired) electrons.